The average molecular weight is 362 g/mol. The van der Waals surface area contributed by atoms with Crippen LogP contribution in [0.25, 0.3) is 0 Å². The SMILES string of the molecule is C[C@@H](C(=O)Nc1ccc2c(c1)OCO2)N(c1ccccc1)S(C)(=O)=O. The largest absolute Gasteiger partial charge is 0.454 e. The number of rotatable bonds is 5. The fraction of sp³-hybridized carbons (Fsp3) is 0.235. The van der Waals surface area contributed by atoms with Gasteiger partial charge in [0.1, 0.15) is 6.04 Å². The van der Waals surface area contributed by atoms with Crippen molar-refractivity contribution in [2.24, 2.45) is 0 Å². The molecule has 0 radical (unpaired) electrons. The number of para-hydroxylation sites is 1. The number of hydrogen-bond acceptors (Lipinski definition) is 5. The van der Waals surface area contributed by atoms with E-state index < -0.39 is 22.0 Å². The molecule has 0 fully saturated rings. The minimum Gasteiger partial charge on any atom is -0.454 e. The quantitative estimate of drug-likeness (QED) is 0.881. The average Bonchev–Trinajstić information content (AvgIpc) is 3.02. The lowest BCUT2D eigenvalue weighted by Gasteiger charge is -2.28. The fourth-order valence-corrected chi connectivity index (χ4v) is 3.78. The molecule has 132 valence electrons. The van der Waals surface area contributed by atoms with E-state index in [4.69, 9.17) is 9.47 Å². The highest BCUT2D eigenvalue weighted by molar-refractivity contribution is 7.92. The summed E-state index contributed by atoms with van der Waals surface area (Å²) >= 11 is 0. The first-order chi connectivity index (χ1) is 11.9. The van der Waals surface area contributed by atoms with Gasteiger partial charge in [-0.05, 0) is 31.2 Å². The standard InChI is InChI=1S/C17H18N2O5S/c1-12(19(25(2,21)22)14-6-4-3-5-7-14)17(20)18-13-8-9-15-16(10-13)24-11-23-15/h3-10,12H,11H2,1-2H3,(H,18,20)/t12-/m0/s1. The van der Waals surface area contributed by atoms with E-state index in [0.717, 1.165) is 10.6 Å². The molecule has 25 heavy (non-hydrogen) atoms. The summed E-state index contributed by atoms with van der Waals surface area (Å²) in [5.41, 5.74) is 0.931. The summed E-state index contributed by atoms with van der Waals surface area (Å²) in [5, 5.41) is 2.71. The molecule has 0 saturated carbocycles. The Balaban J connectivity index is 1.82. The summed E-state index contributed by atoms with van der Waals surface area (Å²) in [4.78, 5) is 12.6. The lowest BCUT2D eigenvalue weighted by molar-refractivity contribution is -0.116. The third-order valence-electron chi connectivity index (χ3n) is 3.74. The topological polar surface area (TPSA) is 84.9 Å². The van der Waals surface area contributed by atoms with Crippen LogP contribution in [0.5, 0.6) is 11.5 Å². The first kappa shape index (κ1) is 17.1. The molecule has 8 heteroatoms. The molecule has 0 unspecified atom stereocenters. The van der Waals surface area contributed by atoms with Crippen molar-refractivity contribution in [3.8, 4) is 11.5 Å². The van der Waals surface area contributed by atoms with Gasteiger partial charge >= 0.3 is 0 Å². The van der Waals surface area contributed by atoms with Gasteiger partial charge in [-0.2, -0.15) is 0 Å². The number of benzene rings is 2. The number of carbonyl (C=O) groups is 1. The number of sulfonamides is 1. The Hall–Kier alpha value is -2.74. The van der Waals surface area contributed by atoms with Crippen molar-refractivity contribution in [2.45, 2.75) is 13.0 Å². The molecule has 0 bridgehead atoms. The zero-order chi connectivity index (χ0) is 18.0. The van der Waals surface area contributed by atoms with Gasteiger partial charge in [0.15, 0.2) is 11.5 Å². The van der Waals surface area contributed by atoms with Gasteiger partial charge in [0.2, 0.25) is 22.7 Å². The van der Waals surface area contributed by atoms with Crippen LogP contribution >= 0.6 is 0 Å². The van der Waals surface area contributed by atoms with E-state index in [1.54, 1.807) is 48.5 Å². The van der Waals surface area contributed by atoms with Gasteiger partial charge in [-0.25, -0.2) is 8.42 Å². The zero-order valence-electron chi connectivity index (χ0n) is 13.8. The maximum Gasteiger partial charge on any atom is 0.247 e. The summed E-state index contributed by atoms with van der Waals surface area (Å²) < 4.78 is 36.0. The monoisotopic (exact) mass is 362 g/mol. The van der Waals surface area contributed by atoms with Crippen LogP contribution in [0.4, 0.5) is 11.4 Å². The van der Waals surface area contributed by atoms with E-state index in [0.29, 0.717) is 22.9 Å². The van der Waals surface area contributed by atoms with Gasteiger partial charge in [0.25, 0.3) is 0 Å². The van der Waals surface area contributed by atoms with Crippen molar-refractivity contribution in [1.29, 1.82) is 0 Å². The molecule has 1 amide bonds. The third-order valence-corrected chi connectivity index (χ3v) is 4.98. The van der Waals surface area contributed by atoms with Crippen LogP contribution in [0.3, 0.4) is 0 Å². The second-order valence-electron chi connectivity index (χ2n) is 5.63. The molecular formula is C17H18N2O5S. The fourth-order valence-electron chi connectivity index (χ4n) is 2.60. The predicted octanol–water partition coefficient (Wildman–Crippen LogP) is 2.21. The number of amides is 1. The summed E-state index contributed by atoms with van der Waals surface area (Å²) in [6, 6.07) is 12.6. The molecule has 7 nitrogen and oxygen atoms in total. The molecule has 0 spiro atoms. The van der Waals surface area contributed by atoms with Crippen molar-refractivity contribution >= 4 is 27.3 Å². The molecule has 0 saturated heterocycles. The van der Waals surface area contributed by atoms with Crippen LogP contribution in [-0.2, 0) is 14.8 Å². The first-order valence-corrected chi connectivity index (χ1v) is 9.46. The van der Waals surface area contributed by atoms with Gasteiger partial charge < -0.3 is 14.8 Å². The highest BCUT2D eigenvalue weighted by Gasteiger charge is 2.29. The number of nitrogens with one attached hydrogen (secondary N) is 1. The summed E-state index contributed by atoms with van der Waals surface area (Å²) in [5.74, 6) is 0.690. The van der Waals surface area contributed by atoms with Gasteiger partial charge in [-0.1, -0.05) is 18.2 Å². The van der Waals surface area contributed by atoms with Crippen LogP contribution in [0, 0.1) is 0 Å². The predicted molar refractivity (Wildman–Crippen MR) is 94.4 cm³/mol. The normalized spacial score (nSPS) is 14.0. The van der Waals surface area contributed by atoms with Crippen molar-refractivity contribution < 1.29 is 22.7 Å². The molecule has 1 aliphatic rings. The van der Waals surface area contributed by atoms with Crippen molar-refractivity contribution in [1.82, 2.24) is 0 Å². The maximum atomic E-state index is 12.6. The number of hydrogen-bond donors (Lipinski definition) is 1. The Morgan fingerprint density at radius 1 is 1.12 bits per heavy atom. The van der Waals surface area contributed by atoms with Crippen LogP contribution in [-0.4, -0.2) is 33.4 Å². The number of carbonyl (C=O) groups excluding carboxylic acids is 1. The number of nitrogens with zero attached hydrogens (tertiary/aromatic N) is 1. The number of ether oxygens (including phenoxy) is 2. The summed E-state index contributed by atoms with van der Waals surface area (Å²) in [7, 11) is -3.64. The number of anilines is 2. The molecule has 0 aromatic heterocycles. The van der Waals surface area contributed by atoms with E-state index in [1.165, 1.54) is 6.92 Å². The first-order valence-electron chi connectivity index (χ1n) is 7.61. The van der Waals surface area contributed by atoms with Crippen LogP contribution < -0.4 is 19.1 Å². The van der Waals surface area contributed by atoms with E-state index in [9.17, 15) is 13.2 Å². The smallest absolute Gasteiger partial charge is 0.247 e. The minimum absolute atomic E-state index is 0.138. The lowest BCUT2D eigenvalue weighted by atomic mass is 10.2. The highest BCUT2D eigenvalue weighted by Crippen LogP contribution is 2.34. The lowest BCUT2D eigenvalue weighted by Crippen LogP contribution is -2.45. The van der Waals surface area contributed by atoms with Gasteiger partial charge in [-0.3, -0.25) is 9.10 Å². The Labute approximate surface area is 146 Å². The molecule has 3 rings (SSSR count). The van der Waals surface area contributed by atoms with E-state index in [2.05, 4.69) is 5.32 Å². The molecule has 1 N–H and O–H groups in total. The zero-order valence-corrected chi connectivity index (χ0v) is 14.6. The Morgan fingerprint density at radius 2 is 1.80 bits per heavy atom. The van der Waals surface area contributed by atoms with Gasteiger partial charge in [0, 0.05) is 11.8 Å². The van der Waals surface area contributed by atoms with Gasteiger partial charge in [0.05, 0.1) is 11.9 Å². The second kappa shape index (κ2) is 6.64. The third kappa shape index (κ3) is 3.69. The molecule has 2 aromatic rings. The summed E-state index contributed by atoms with van der Waals surface area (Å²) in [6.07, 6.45) is 1.07. The Morgan fingerprint density at radius 3 is 2.48 bits per heavy atom. The molecule has 0 aliphatic carbocycles. The van der Waals surface area contributed by atoms with Crippen molar-refractivity contribution in [3.05, 3.63) is 48.5 Å². The molecule has 1 heterocycles. The number of fused-ring (bicyclic) bond motifs is 1. The molecule has 1 atom stereocenters. The molecular weight excluding hydrogens is 344 g/mol. The van der Waals surface area contributed by atoms with Crippen LogP contribution in [0.15, 0.2) is 48.5 Å². The second-order valence-corrected chi connectivity index (χ2v) is 7.49. The van der Waals surface area contributed by atoms with E-state index >= 15 is 0 Å². The highest BCUT2D eigenvalue weighted by atomic mass is 32.2. The van der Waals surface area contributed by atoms with Crippen LogP contribution in [0.2, 0.25) is 0 Å². The van der Waals surface area contributed by atoms with Crippen LogP contribution in [0.1, 0.15) is 6.92 Å². The van der Waals surface area contributed by atoms with E-state index in [-0.39, 0.29) is 6.79 Å². The molecule has 2 aromatic carbocycles. The van der Waals surface area contributed by atoms with Crippen molar-refractivity contribution in [2.75, 3.05) is 22.7 Å². The maximum absolute atomic E-state index is 12.6. The minimum atomic E-state index is -3.64. The summed E-state index contributed by atoms with van der Waals surface area (Å²) in [6.45, 7) is 1.68. The molecule has 1 aliphatic heterocycles. The van der Waals surface area contributed by atoms with Gasteiger partial charge in [-0.15, -0.1) is 0 Å². The van der Waals surface area contributed by atoms with Crippen molar-refractivity contribution in [3.63, 3.8) is 0 Å². The Kier molecular flexibility index (Phi) is 4.54. The Bertz CT molecular complexity index is 883. The van der Waals surface area contributed by atoms with E-state index in [1.807, 2.05) is 0 Å².